The Balaban J connectivity index is 1.25. The number of hydrogen-bond donors (Lipinski definition) is 0. The maximum atomic E-state index is 2.71. The van der Waals surface area contributed by atoms with Crippen molar-refractivity contribution >= 4 is 74.3 Å². The number of hydrogen-bond acceptors (Lipinski definition) is 3. The molecule has 1 aliphatic carbocycles. The van der Waals surface area contributed by atoms with Gasteiger partial charge in [-0.3, -0.25) is 0 Å². The number of rotatable bonds is 7. The van der Waals surface area contributed by atoms with Gasteiger partial charge in [0.2, 0.25) is 0 Å². The highest BCUT2D eigenvalue weighted by Crippen LogP contribution is 2.54. The summed E-state index contributed by atoms with van der Waals surface area (Å²) in [6, 6.07) is 76.6. The summed E-state index contributed by atoms with van der Waals surface area (Å²) < 4.78 is 0. The number of anilines is 9. The maximum absolute atomic E-state index is 2.71. The highest BCUT2D eigenvalue weighted by Gasteiger charge is 2.47. The third-order valence-corrected chi connectivity index (χ3v) is 17.6. The van der Waals surface area contributed by atoms with Crippen LogP contribution >= 0.6 is 0 Å². The van der Waals surface area contributed by atoms with E-state index in [-0.39, 0.29) is 33.8 Å². The van der Waals surface area contributed by atoms with Crippen LogP contribution in [0.3, 0.4) is 0 Å². The number of benzene rings is 9. The van der Waals surface area contributed by atoms with Crippen LogP contribution in [0.15, 0.2) is 200 Å². The van der Waals surface area contributed by atoms with Crippen molar-refractivity contribution in [3.05, 3.63) is 228 Å². The SMILES string of the molecule is CC(C)(C)c1ccc(N2c3ccc(C(C)(C)C)cc3B3c4cc5c(cc4N(c4ccc(C(C)(C)C)cc4-c4cccc(-c6ccccc6)c4)c4cc(N(c6ccccc6)c6ccccc6)cc2c43)C(C)(C)CCC5(C)C)cc1. The van der Waals surface area contributed by atoms with Gasteiger partial charge < -0.3 is 14.7 Å². The van der Waals surface area contributed by atoms with Crippen LogP contribution < -0.4 is 31.1 Å². The van der Waals surface area contributed by atoms with Crippen LogP contribution in [-0.4, -0.2) is 6.71 Å². The summed E-state index contributed by atoms with van der Waals surface area (Å²) in [5, 5.41) is 0. The van der Waals surface area contributed by atoms with Gasteiger partial charge in [-0.05, 0) is 180 Å². The van der Waals surface area contributed by atoms with Crippen LogP contribution in [0.25, 0.3) is 22.3 Å². The predicted octanol–water partition coefficient (Wildman–Crippen LogP) is 18.8. The molecule has 0 unspecified atom stereocenters. The number of para-hydroxylation sites is 2. The van der Waals surface area contributed by atoms with E-state index in [1.54, 1.807) is 0 Å². The lowest BCUT2D eigenvalue weighted by atomic mass is 9.33. The molecule has 2 heterocycles. The summed E-state index contributed by atoms with van der Waals surface area (Å²) in [5.74, 6) is 0. The van der Waals surface area contributed by atoms with Crippen molar-refractivity contribution in [1.82, 2.24) is 0 Å². The summed E-state index contributed by atoms with van der Waals surface area (Å²) in [7, 11) is 0. The first-order chi connectivity index (χ1) is 37.1. The molecule has 0 bridgehead atoms. The molecule has 0 fully saturated rings. The van der Waals surface area contributed by atoms with Crippen LogP contribution in [-0.2, 0) is 27.1 Å². The molecule has 3 aliphatic rings. The van der Waals surface area contributed by atoms with E-state index in [1.807, 2.05) is 0 Å². The standard InChI is InChI=1S/C74H76BN3/c1-70(2,3)52-32-36-57(37-33-52)77-65-39-35-54(72(7,8)9)44-62(65)75-63-47-60-61(74(12,13)41-40-73(60,10)11)48-66(63)78(68-46-58(45-67(77)69(68)75)76(55-28-19-15-20-29-55)56-30-21-16-22-31-56)64-38-34-53(71(4,5)6)43-59(64)51-27-23-26-50(42-51)49-24-17-14-18-25-49/h14-39,42-48H,40-41H2,1-13H3. The van der Waals surface area contributed by atoms with Gasteiger partial charge in [0, 0.05) is 45.4 Å². The van der Waals surface area contributed by atoms with Gasteiger partial charge in [0.25, 0.3) is 6.71 Å². The fourth-order valence-corrected chi connectivity index (χ4v) is 12.8. The maximum Gasteiger partial charge on any atom is 0.252 e. The summed E-state index contributed by atoms with van der Waals surface area (Å²) in [6.45, 7) is 30.9. The molecule has 390 valence electrons. The molecule has 9 aromatic rings. The molecular formula is C74H76BN3. The fraction of sp³-hybridized carbons (Fsp3) is 0.270. The molecule has 3 nitrogen and oxygen atoms in total. The van der Waals surface area contributed by atoms with Crippen molar-refractivity contribution in [3.63, 3.8) is 0 Å². The Morgan fingerprint density at radius 2 is 0.846 bits per heavy atom. The normalized spacial score (nSPS) is 15.3. The fourth-order valence-electron chi connectivity index (χ4n) is 12.8. The first-order valence-corrected chi connectivity index (χ1v) is 28.5. The third-order valence-electron chi connectivity index (χ3n) is 17.6. The van der Waals surface area contributed by atoms with E-state index < -0.39 is 0 Å². The minimum atomic E-state index is -0.0909. The molecular weight excluding hydrogens is 942 g/mol. The molecule has 0 amide bonds. The van der Waals surface area contributed by atoms with Gasteiger partial charge >= 0.3 is 0 Å². The smallest absolute Gasteiger partial charge is 0.252 e. The van der Waals surface area contributed by atoms with E-state index in [0.29, 0.717) is 0 Å². The van der Waals surface area contributed by atoms with Gasteiger partial charge in [0.1, 0.15) is 0 Å². The Morgan fingerprint density at radius 3 is 1.42 bits per heavy atom. The Morgan fingerprint density at radius 1 is 0.372 bits per heavy atom. The van der Waals surface area contributed by atoms with Crippen molar-refractivity contribution in [2.24, 2.45) is 0 Å². The van der Waals surface area contributed by atoms with E-state index in [0.717, 1.165) is 35.6 Å². The molecule has 2 aliphatic heterocycles. The molecule has 0 N–H and O–H groups in total. The van der Waals surface area contributed by atoms with Gasteiger partial charge in [0.05, 0.1) is 11.4 Å². The molecule has 0 radical (unpaired) electrons. The van der Waals surface area contributed by atoms with Gasteiger partial charge in [-0.2, -0.15) is 0 Å². The summed E-state index contributed by atoms with van der Waals surface area (Å²) in [4.78, 5) is 7.77. The van der Waals surface area contributed by atoms with Crippen molar-refractivity contribution in [2.75, 3.05) is 14.7 Å². The Hall–Kier alpha value is -7.56. The molecule has 0 atom stereocenters. The molecule has 12 rings (SSSR count). The minimum Gasteiger partial charge on any atom is -0.311 e. The summed E-state index contributed by atoms with van der Waals surface area (Å²) in [6.07, 6.45) is 2.27. The van der Waals surface area contributed by atoms with Gasteiger partial charge in [0.15, 0.2) is 0 Å². The highest BCUT2D eigenvalue weighted by molar-refractivity contribution is 7.00. The molecule has 4 heteroatoms. The van der Waals surface area contributed by atoms with E-state index in [9.17, 15) is 0 Å². The van der Waals surface area contributed by atoms with Gasteiger partial charge in [-0.1, -0.05) is 211 Å². The quantitative estimate of drug-likeness (QED) is 0.147. The van der Waals surface area contributed by atoms with Crippen molar-refractivity contribution in [1.29, 1.82) is 0 Å². The molecule has 0 aromatic heterocycles. The average Bonchev–Trinajstić information content (AvgIpc) is 3.23. The highest BCUT2D eigenvalue weighted by atomic mass is 15.2. The molecule has 9 aromatic carbocycles. The topological polar surface area (TPSA) is 9.72 Å². The van der Waals surface area contributed by atoms with Crippen LogP contribution in [0.1, 0.15) is 131 Å². The van der Waals surface area contributed by atoms with E-state index in [2.05, 4.69) is 305 Å². The first-order valence-electron chi connectivity index (χ1n) is 28.5. The first kappa shape index (κ1) is 51.2. The van der Waals surface area contributed by atoms with Crippen molar-refractivity contribution in [2.45, 2.75) is 130 Å². The zero-order valence-electron chi connectivity index (χ0n) is 48.4. The van der Waals surface area contributed by atoms with Gasteiger partial charge in [-0.15, -0.1) is 0 Å². The Labute approximate surface area is 466 Å². The zero-order valence-corrected chi connectivity index (χ0v) is 48.4. The second-order valence-corrected chi connectivity index (χ2v) is 27.0. The summed E-state index contributed by atoms with van der Waals surface area (Å²) in [5.41, 5.74) is 26.0. The monoisotopic (exact) mass is 1020 g/mol. The van der Waals surface area contributed by atoms with Crippen LogP contribution in [0.2, 0.25) is 0 Å². The lowest BCUT2D eigenvalue weighted by Crippen LogP contribution is -2.62. The van der Waals surface area contributed by atoms with E-state index in [1.165, 1.54) is 94.9 Å². The van der Waals surface area contributed by atoms with Crippen LogP contribution in [0, 0.1) is 0 Å². The second kappa shape index (κ2) is 18.5. The largest absolute Gasteiger partial charge is 0.311 e. The molecule has 0 saturated heterocycles. The Bertz CT molecular complexity index is 3700. The summed E-state index contributed by atoms with van der Waals surface area (Å²) >= 11 is 0. The molecule has 0 spiro atoms. The molecule has 78 heavy (non-hydrogen) atoms. The number of nitrogens with zero attached hydrogens (tertiary/aromatic N) is 3. The van der Waals surface area contributed by atoms with Crippen LogP contribution in [0.4, 0.5) is 51.2 Å². The molecule has 0 saturated carbocycles. The van der Waals surface area contributed by atoms with E-state index in [4.69, 9.17) is 0 Å². The van der Waals surface area contributed by atoms with Crippen molar-refractivity contribution < 1.29 is 0 Å². The van der Waals surface area contributed by atoms with Crippen molar-refractivity contribution in [3.8, 4) is 22.3 Å². The predicted molar refractivity (Wildman–Crippen MR) is 337 cm³/mol. The van der Waals surface area contributed by atoms with Crippen LogP contribution in [0.5, 0.6) is 0 Å². The lowest BCUT2D eigenvalue weighted by molar-refractivity contribution is 0.332. The zero-order chi connectivity index (χ0) is 54.7. The average molecular weight is 1020 g/mol. The lowest BCUT2D eigenvalue weighted by Gasteiger charge is -2.48. The third kappa shape index (κ3) is 8.86. The minimum absolute atomic E-state index is 0.00252. The van der Waals surface area contributed by atoms with Gasteiger partial charge in [-0.25, -0.2) is 0 Å². The number of fused-ring (bicyclic) bond motifs is 5. The Kier molecular flexibility index (Phi) is 12.2. The second-order valence-electron chi connectivity index (χ2n) is 27.0. The van der Waals surface area contributed by atoms with E-state index >= 15 is 0 Å².